The monoisotopic (exact) mass is 245 g/mol. The highest BCUT2D eigenvalue weighted by molar-refractivity contribution is 7.10. The number of carbonyl (C=O) groups excluding carboxylic acids is 2. The molecule has 0 spiro atoms. The first kappa shape index (κ1) is 11.5. The Balaban J connectivity index is 2.10. The second-order valence-corrected chi connectivity index (χ2v) is 4.26. The fourth-order valence-corrected chi connectivity index (χ4v) is 2.02. The summed E-state index contributed by atoms with van der Waals surface area (Å²) in [7, 11) is 0. The van der Waals surface area contributed by atoms with Crippen LogP contribution in [0.3, 0.4) is 0 Å². The molecule has 0 saturated carbocycles. The van der Waals surface area contributed by atoms with Crippen LogP contribution in [0.1, 0.15) is 21.3 Å². The molecule has 0 bridgehead atoms. The van der Waals surface area contributed by atoms with Gasteiger partial charge >= 0.3 is 5.97 Å². The Morgan fingerprint density at radius 2 is 1.94 bits per heavy atom. The summed E-state index contributed by atoms with van der Waals surface area (Å²) in [5.74, 6) is -0.521. The summed E-state index contributed by atoms with van der Waals surface area (Å²) in [5.41, 5.74) is 0.421. The highest BCUT2D eigenvalue weighted by Gasteiger charge is 2.18. The van der Waals surface area contributed by atoms with Crippen LogP contribution in [0, 0.1) is 0 Å². The van der Waals surface area contributed by atoms with Crippen molar-refractivity contribution >= 4 is 23.6 Å². The maximum absolute atomic E-state index is 11.7. The van der Waals surface area contributed by atoms with E-state index in [1.54, 1.807) is 48.8 Å². The molecule has 3 nitrogen and oxygen atoms in total. The predicted molar refractivity (Wildman–Crippen MR) is 64.6 cm³/mol. The standard InChI is InChI=1S/C13H9O3S/c14-9-11(12-7-4-8-17-12)16-13(15)10-5-2-1-3-6-10/h1-8,11H. The molecule has 0 aliphatic carbocycles. The Hall–Kier alpha value is -1.94. The van der Waals surface area contributed by atoms with Crippen LogP contribution in [-0.4, -0.2) is 12.3 Å². The van der Waals surface area contributed by atoms with Crippen molar-refractivity contribution in [2.75, 3.05) is 0 Å². The molecule has 85 valence electrons. The van der Waals surface area contributed by atoms with Crippen molar-refractivity contribution in [1.29, 1.82) is 0 Å². The molecule has 0 aliphatic rings. The van der Waals surface area contributed by atoms with E-state index in [1.807, 2.05) is 5.38 Å². The van der Waals surface area contributed by atoms with E-state index in [1.165, 1.54) is 11.3 Å². The molecule has 4 heteroatoms. The molecule has 1 heterocycles. The smallest absolute Gasteiger partial charge is 0.339 e. The van der Waals surface area contributed by atoms with Gasteiger partial charge in [0.25, 0.3) is 0 Å². The molecule has 1 atom stereocenters. The van der Waals surface area contributed by atoms with Gasteiger partial charge in [-0.1, -0.05) is 24.3 Å². The van der Waals surface area contributed by atoms with Gasteiger partial charge in [-0.25, -0.2) is 4.79 Å². The first-order valence-electron chi connectivity index (χ1n) is 4.98. The number of benzene rings is 1. The number of hydrogen-bond donors (Lipinski definition) is 0. The van der Waals surface area contributed by atoms with Gasteiger partial charge in [0.05, 0.1) is 10.4 Å². The Kier molecular flexibility index (Phi) is 3.67. The average molecular weight is 245 g/mol. The second-order valence-electron chi connectivity index (χ2n) is 3.28. The summed E-state index contributed by atoms with van der Waals surface area (Å²) in [5, 5.41) is 1.82. The quantitative estimate of drug-likeness (QED) is 0.778. The van der Waals surface area contributed by atoms with Crippen LogP contribution in [0.25, 0.3) is 0 Å². The lowest BCUT2D eigenvalue weighted by Gasteiger charge is -2.09. The van der Waals surface area contributed by atoms with Crippen LogP contribution in [0.15, 0.2) is 47.8 Å². The average Bonchev–Trinajstić information content (AvgIpc) is 2.90. The third-order valence-electron chi connectivity index (χ3n) is 2.14. The Morgan fingerprint density at radius 1 is 1.18 bits per heavy atom. The Labute approximate surface area is 103 Å². The van der Waals surface area contributed by atoms with Gasteiger partial charge in [-0.05, 0) is 23.6 Å². The number of thiophene rings is 1. The fraction of sp³-hybridized carbons (Fsp3) is 0.0769. The largest absolute Gasteiger partial charge is 0.444 e. The van der Waals surface area contributed by atoms with Gasteiger partial charge in [-0.2, -0.15) is 0 Å². The number of rotatable bonds is 4. The fourth-order valence-electron chi connectivity index (χ4n) is 1.33. The zero-order valence-corrected chi connectivity index (χ0v) is 9.65. The molecule has 0 amide bonds. The lowest BCUT2D eigenvalue weighted by molar-refractivity contribution is 0.0424. The van der Waals surface area contributed by atoms with E-state index in [-0.39, 0.29) is 0 Å². The summed E-state index contributed by atoms with van der Waals surface area (Å²) in [6.07, 6.45) is 0.781. The van der Waals surface area contributed by atoms with E-state index in [2.05, 4.69) is 0 Å². The third-order valence-corrected chi connectivity index (χ3v) is 3.06. The number of carbonyl (C=O) groups is 1. The molecule has 0 aliphatic heterocycles. The zero-order chi connectivity index (χ0) is 12.1. The van der Waals surface area contributed by atoms with Crippen LogP contribution in [0.2, 0.25) is 0 Å². The van der Waals surface area contributed by atoms with Crippen LogP contribution >= 0.6 is 11.3 Å². The summed E-state index contributed by atoms with van der Waals surface area (Å²) >= 11 is 1.35. The van der Waals surface area contributed by atoms with Gasteiger partial charge in [-0.3, -0.25) is 4.79 Å². The summed E-state index contributed by atoms with van der Waals surface area (Å²) in [6, 6.07) is 12.1. The van der Waals surface area contributed by atoms with Gasteiger partial charge in [-0.15, -0.1) is 11.3 Å². The van der Waals surface area contributed by atoms with Crippen molar-refractivity contribution in [2.24, 2.45) is 0 Å². The minimum absolute atomic E-state index is 0.421. The van der Waals surface area contributed by atoms with Crippen LogP contribution in [0.5, 0.6) is 0 Å². The molecule has 0 N–H and O–H groups in total. The Morgan fingerprint density at radius 3 is 2.53 bits per heavy atom. The van der Waals surface area contributed by atoms with E-state index in [4.69, 9.17) is 4.74 Å². The highest BCUT2D eigenvalue weighted by Crippen LogP contribution is 2.21. The minimum atomic E-state index is -0.942. The van der Waals surface area contributed by atoms with Crippen molar-refractivity contribution < 1.29 is 14.3 Å². The van der Waals surface area contributed by atoms with Crippen LogP contribution in [0.4, 0.5) is 0 Å². The van der Waals surface area contributed by atoms with Crippen molar-refractivity contribution in [1.82, 2.24) is 0 Å². The van der Waals surface area contributed by atoms with Gasteiger partial charge in [0.2, 0.25) is 12.4 Å². The van der Waals surface area contributed by atoms with Crippen molar-refractivity contribution in [3.8, 4) is 0 Å². The van der Waals surface area contributed by atoms with Crippen LogP contribution in [-0.2, 0) is 9.53 Å². The molecule has 1 aromatic heterocycles. The van der Waals surface area contributed by atoms with Crippen molar-refractivity contribution in [3.05, 3.63) is 58.3 Å². The SMILES string of the molecule is O=[C]C(OC(=O)c1ccccc1)c1cccs1. The molecule has 1 radical (unpaired) electrons. The lowest BCUT2D eigenvalue weighted by Crippen LogP contribution is -2.11. The van der Waals surface area contributed by atoms with E-state index >= 15 is 0 Å². The van der Waals surface area contributed by atoms with E-state index in [9.17, 15) is 9.59 Å². The maximum atomic E-state index is 11.7. The van der Waals surface area contributed by atoms with Gasteiger partial charge in [0, 0.05) is 0 Å². The minimum Gasteiger partial charge on any atom is -0.444 e. The van der Waals surface area contributed by atoms with E-state index < -0.39 is 12.1 Å². The highest BCUT2D eigenvalue weighted by atomic mass is 32.1. The second kappa shape index (κ2) is 5.41. The lowest BCUT2D eigenvalue weighted by atomic mass is 10.2. The number of esters is 1. The third kappa shape index (κ3) is 2.79. The first-order valence-corrected chi connectivity index (χ1v) is 5.86. The molecule has 1 aromatic carbocycles. The molecular formula is C13H9O3S. The van der Waals surface area contributed by atoms with Gasteiger partial charge in [0.15, 0.2) is 0 Å². The summed E-state index contributed by atoms with van der Waals surface area (Å²) in [6.45, 7) is 0. The normalized spacial score (nSPS) is 11.8. The number of ether oxygens (including phenoxy) is 1. The van der Waals surface area contributed by atoms with Crippen molar-refractivity contribution in [2.45, 2.75) is 6.10 Å². The topological polar surface area (TPSA) is 43.4 Å². The molecule has 17 heavy (non-hydrogen) atoms. The number of hydrogen-bond acceptors (Lipinski definition) is 4. The van der Waals surface area contributed by atoms with Gasteiger partial charge < -0.3 is 4.74 Å². The van der Waals surface area contributed by atoms with Gasteiger partial charge in [0.1, 0.15) is 0 Å². The first-order chi connectivity index (χ1) is 8.31. The van der Waals surface area contributed by atoms with E-state index in [0.717, 1.165) is 0 Å². The van der Waals surface area contributed by atoms with Crippen LogP contribution < -0.4 is 0 Å². The van der Waals surface area contributed by atoms with Crippen molar-refractivity contribution in [3.63, 3.8) is 0 Å². The molecule has 2 rings (SSSR count). The zero-order valence-electron chi connectivity index (χ0n) is 8.83. The Bertz CT molecular complexity index is 491. The maximum Gasteiger partial charge on any atom is 0.339 e. The predicted octanol–water partition coefficient (Wildman–Crippen LogP) is 2.76. The molecule has 0 saturated heterocycles. The van der Waals surface area contributed by atoms with E-state index in [0.29, 0.717) is 10.4 Å². The summed E-state index contributed by atoms with van der Waals surface area (Å²) < 4.78 is 5.08. The summed E-state index contributed by atoms with van der Waals surface area (Å²) in [4.78, 5) is 23.2. The molecule has 2 aromatic rings. The molecule has 1 unspecified atom stereocenters. The molecular weight excluding hydrogens is 236 g/mol. The molecule has 0 fully saturated rings.